The van der Waals surface area contributed by atoms with Crippen LogP contribution in [0, 0.1) is 5.92 Å². The number of hydrogen-bond acceptors (Lipinski definition) is 4. The Kier molecular flexibility index (Phi) is 4.23. The van der Waals surface area contributed by atoms with Crippen molar-refractivity contribution in [3.63, 3.8) is 0 Å². The van der Waals surface area contributed by atoms with Gasteiger partial charge in [0.25, 0.3) is 0 Å². The molecular formula is C14H23NO4S. The van der Waals surface area contributed by atoms with E-state index in [-0.39, 0.29) is 22.8 Å². The van der Waals surface area contributed by atoms with Gasteiger partial charge in [-0.3, -0.25) is 4.79 Å². The van der Waals surface area contributed by atoms with E-state index in [9.17, 15) is 9.59 Å². The smallest absolute Gasteiger partial charge is 0.407 e. The summed E-state index contributed by atoms with van der Waals surface area (Å²) in [6.45, 7) is 5.52. The largest absolute Gasteiger partial charge is 0.481 e. The van der Waals surface area contributed by atoms with Crippen molar-refractivity contribution in [2.75, 3.05) is 5.75 Å². The summed E-state index contributed by atoms with van der Waals surface area (Å²) in [5.74, 6) is 0.0634. The van der Waals surface area contributed by atoms with Gasteiger partial charge in [-0.05, 0) is 52.2 Å². The summed E-state index contributed by atoms with van der Waals surface area (Å²) in [6, 6.07) is 0.0980. The Morgan fingerprint density at radius 1 is 1.30 bits per heavy atom. The standard InChI is InChI=1S/C14H23NO4S/c1-13(2,3)19-12(18)15-10-4-5-20-14(8-10)6-9(7-14)11(16)17/h9-10H,4-8H2,1-3H3,(H,15,18)(H,16,17). The third-order valence-corrected chi connectivity index (χ3v) is 5.35. The van der Waals surface area contributed by atoms with Crippen molar-refractivity contribution >= 4 is 23.8 Å². The summed E-state index contributed by atoms with van der Waals surface area (Å²) >= 11 is 1.86. The number of alkyl carbamates (subject to hydrolysis) is 1. The number of ether oxygens (including phenoxy) is 1. The third-order valence-electron chi connectivity index (χ3n) is 3.80. The second-order valence-corrected chi connectivity index (χ2v) is 8.37. The second-order valence-electron chi connectivity index (χ2n) is 6.81. The first-order valence-electron chi connectivity index (χ1n) is 7.05. The van der Waals surface area contributed by atoms with Crippen molar-refractivity contribution in [1.29, 1.82) is 0 Å². The summed E-state index contributed by atoms with van der Waals surface area (Å²) in [5.41, 5.74) is -0.490. The number of carbonyl (C=O) groups excluding carboxylic acids is 1. The van der Waals surface area contributed by atoms with Crippen LogP contribution in [0.3, 0.4) is 0 Å². The molecule has 1 aliphatic carbocycles. The molecule has 0 aromatic carbocycles. The fraction of sp³-hybridized carbons (Fsp3) is 0.857. The molecule has 2 rings (SSSR count). The molecule has 20 heavy (non-hydrogen) atoms. The highest BCUT2D eigenvalue weighted by atomic mass is 32.2. The number of amides is 1. The van der Waals surface area contributed by atoms with Crippen molar-refractivity contribution < 1.29 is 19.4 Å². The number of thioether (sulfide) groups is 1. The van der Waals surface area contributed by atoms with E-state index in [2.05, 4.69) is 5.32 Å². The van der Waals surface area contributed by atoms with Gasteiger partial charge in [0.1, 0.15) is 5.60 Å². The molecule has 2 aliphatic rings. The number of hydrogen-bond donors (Lipinski definition) is 2. The van der Waals surface area contributed by atoms with Gasteiger partial charge >= 0.3 is 12.1 Å². The normalized spacial score (nSPS) is 33.4. The molecule has 0 bridgehead atoms. The van der Waals surface area contributed by atoms with E-state index in [1.165, 1.54) is 0 Å². The van der Waals surface area contributed by atoms with E-state index in [4.69, 9.17) is 9.84 Å². The Balaban J connectivity index is 1.83. The Morgan fingerprint density at radius 2 is 1.95 bits per heavy atom. The van der Waals surface area contributed by atoms with Crippen molar-refractivity contribution in [3.05, 3.63) is 0 Å². The number of carboxylic acid groups (broad SMARTS) is 1. The zero-order valence-corrected chi connectivity index (χ0v) is 13.1. The Morgan fingerprint density at radius 3 is 2.50 bits per heavy atom. The maximum absolute atomic E-state index is 11.8. The lowest BCUT2D eigenvalue weighted by Gasteiger charge is -2.50. The van der Waals surface area contributed by atoms with Crippen molar-refractivity contribution in [1.82, 2.24) is 5.32 Å². The molecule has 5 nitrogen and oxygen atoms in total. The topological polar surface area (TPSA) is 75.6 Å². The molecule has 1 atom stereocenters. The van der Waals surface area contributed by atoms with Crippen LogP contribution in [-0.4, -0.2) is 39.3 Å². The molecule has 2 fully saturated rings. The number of aliphatic carboxylic acids is 1. The molecule has 0 aromatic heterocycles. The van der Waals surface area contributed by atoms with Crippen LogP contribution in [0.25, 0.3) is 0 Å². The first-order chi connectivity index (χ1) is 9.19. The van der Waals surface area contributed by atoms with Gasteiger partial charge < -0.3 is 15.2 Å². The number of carbonyl (C=O) groups is 2. The van der Waals surface area contributed by atoms with E-state index >= 15 is 0 Å². The minimum atomic E-state index is -0.696. The molecule has 1 aliphatic heterocycles. The summed E-state index contributed by atoms with van der Waals surface area (Å²) in [4.78, 5) is 22.7. The number of rotatable bonds is 2. The first-order valence-corrected chi connectivity index (χ1v) is 8.04. The molecule has 1 amide bonds. The SMILES string of the molecule is CC(C)(C)OC(=O)NC1CCSC2(C1)CC(C(=O)O)C2. The van der Waals surface area contributed by atoms with Gasteiger partial charge in [-0.1, -0.05) is 0 Å². The maximum atomic E-state index is 11.8. The molecule has 114 valence electrons. The van der Waals surface area contributed by atoms with E-state index in [0.717, 1.165) is 31.4 Å². The zero-order chi connectivity index (χ0) is 15.0. The maximum Gasteiger partial charge on any atom is 0.407 e. The summed E-state index contributed by atoms with van der Waals surface area (Å²) < 4.78 is 5.33. The fourth-order valence-corrected chi connectivity index (χ4v) is 4.72. The van der Waals surface area contributed by atoms with Crippen molar-refractivity contribution in [3.8, 4) is 0 Å². The first kappa shape index (κ1) is 15.5. The Bertz CT molecular complexity index is 398. The van der Waals surface area contributed by atoms with Crippen LogP contribution in [0.15, 0.2) is 0 Å². The number of carboxylic acids is 1. The van der Waals surface area contributed by atoms with E-state index < -0.39 is 11.6 Å². The van der Waals surface area contributed by atoms with Gasteiger partial charge in [0, 0.05) is 10.8 Å². The van der Waals surface area contributed by atoms with Gasteiger partial charge in [0.05, 0.1) is 5.92 Å². The van der Waals surface area contributed by atoms with Crippen LogP contribution in [0.5, 0.6) is 0 Å². The van der Waals surface area contributed by atoms with E-state index in [1.54, 1.807) is 0 Å². The molecule has 0 radical (unpaired) electrons. The minimum Gasteiger partial charge on any atom is -0.481 e. The van der Waals surface area contributed by atoms with Crippen LogP contribution in [0.4, 0.5) is 4.79 Å². The monoisotopic (exact) mass is 301 g/mol. The Hall–Kier alpha value is -0.910. The van der Waals surface area contributed by atoms with Gasteiger partial charge in [-0.15, -0.1) is 0 Å². The highest BCUT2D eigenvalue weighted by molar-refractivity contribution is 8.00. The Labute approximate surface area is 123 Å². The van der Waals surface area contributed by atoms with Crippen LogP contribution in [0.1, 0.15) is 46.5 Å². The van der Waals surface area contributed by atoms with Gasteiger partial charge in [-0.25, -0.2) is 4.79 Å². The lowest BCUT2D eigenvalue weighted by Crippen LogP contribution is -2.52. The summed E-state index contributed by atoms with van der Waals surface area (Å²) in [7, 11) is 0. The van der Waals surface area contributed by atoms with Crippen molar-refractivity contribution in [2.45, 2.75) is 62.8 Å². The zero-order valence-electron chi connectivity index (χ0n) is 12.3. The average molecular weight is 301 g/mol. The van der Waals surface area contributed by atoms with Gasteiger partial charge in [0.15, 0.2) is 0 Å². The molecule has 1 saturated heterocycles. The third kappa shape index (κ3) is 3.81. The molecule has 6 heteroatoms. The molecular weight excluding hydrogens is 278 g/mol. The average Bonchev–Trinajstić information content (AvgIpc) is 2.22. The van der Waals surface area contributed by atoms with Gasteiger partial charge in [0.2, 0.25) is 0 Å². The molecule has 1 saturated carbocycles. The van der Waals surface area contributed by atoms with Gasteiger partial charge in [-0.2, -0.15) is 11.8 Å². The lowest BCUT2D eigenvalue weighted by atomic mass is 9.70. The fourth-order valence-electron chi connectivity index (χ4n) is 2.92. The highest BCUT2D eigenvalue weighted by Gasteiger charge is 2.50. The second kappa shape index (κ2) is 5.47. The van der Waals surface area contributed by atoms with Crippen LogP contribution in [0.2, 0.25) is 0 Å². The van der Waals surface area contributed by atoms with Crippen LogP contribution < -0.4 is 5.32 Å². The van der Waals surface area contributed by atoms with E-state index in [1.807, 2.05) is 32.5 Å². The van der Waals surface area contributed by atoms with Crippen molar-refractivity contribution in [2.24, 2.45) is 5.92 Å². The lowest BCUT2D eigenvalue weighted by molar-refractivity contribution is -0.145. The van der Waals surface area contributed by atoms with Crippen LogP contribution >= 0.6 is 11.8 Å². The molecule has 1 unspecified atom stereocenters. The quantitative estimate of drug-likeness (QED) is 0.820. The predicted octanol–water partition coefficient (Wildman–Crippen LogP) is 2.64. The highest BCUT2D eigenvalue weighted by Crippen LogP contribution is 2.53. The molecule has 2 N–H and O–H groups in total. The summed E-state index contributed by atoms with van der Waals surface area (Å²) in [5, 5.41) is 11.9. The van der Waals surface area contributed by atoms with E-state index in [0.29, 0.717) is 0 Å². The predicted molar refractivity (Wildman–Crippen MR) is 77.9 cm³/mol. The molecule has 1 spiro atoms. The number of nitrogens with one attached hydrogen (secondary N) is 1. The minimum absolute atomic E-state index is 0.0565. The van der Waals surface area contributed by atoms with Crippen LogP contribution in [-0.2, 0) is 9.53 Å². The summed E-state index contributed by atoms with van der Waals surface area (Å²) in [6.07, 6.45) is 2.84. The molecule has 0 aromatic rings. The molecule has 1 heterocycles.